The first kappa shape index (κ1) is 21.5. The fraction of sp³-hybridized carbons (Fsp3) is 0.444. The zero-order chi connectivity index (χ0) is 17.1. The van der Waals surface area contributed by atoms with Gasteiger partial charge in [0.2, 0.25) is 0 Å². The van der Waals surface area contributed by atoms with E-state index in [-0.39, 0.29) is 37.3 Å². The van der Waals surface area contributed by atoms with Crippen molar-refractivity contribution >= 4 is 24.8 Å². The number of halogens is 2. The Balaban J connectivity index is 0.00000131. The molecule has 1 unspecified atom stereocenters. The molecule has 3 aromatic rings. The lowest BCUT2D eigenvalue weighted by molar-refractivity contribution is 0.204. The minimum atomic E-state index is 0. The molecule has 1 atom stereocenters. The van der Waals surface area contributed by atoms with Gasteiger partial charge in [-0.3, -0.25) is 4.68 Å². The van der Waals surface area contributed by atoms with Crippen LogP contribution in [0.3, 0.4) is 0 Å². The van der Waals surface area contributed by atoms with E-state index in [9.17, 15) is 5.11 Å². The van der Waals surface area contributed by atoms with Crippen LogP contribution in [0.15, 0.2) is 41.3 Å². The molecule has 1 aliphatic heterocycles. The van der Waals surface area contributed by atoms with E-state index < -0.39 is 0 Å². The Morgan fingerprint density at radius 2 is 2.22 bits per heavy atom. The molecule has 0 fully saturated rings. The van der Waals surface area contributed by atoms with Crippen molar-refractivity contribution in [3.63, 3.8) is 0 Å². The predicted octanol–water partition coefficient (Wildman–Crippen LogP) is 2.53. The van der Waals surface area contributed by atoms with Crippen molar-refractivity contribution in [1.82, 2.24) is 24.6 Å². The Morgan fingerprint density at radius 1 is 1.33 bits per heavy atom. The van der Waals surface area contributed by atoms with Crippen molar-refractivity contribution in [2.24, 2.45) is 5.92 Å². The van der Waals surface area contributed by atoms with Gasteiger partial charge in [0.15, 0.2) is 5.82 Å². The first-order valence-electron chi connectivity index (χ1n) is 8.75. The van der Waals surface area contributed by atoms with Crippen molar-refractivity contribution in [3.05, 3.63) is 48.3 Å². The Hall–Kier alpha value is -1.80. The third-order valence-corrected chi connectivity index (χ3v) is 4.62. The second-order valence-electron chi connectivity index (χ2n) is 6.51. The highest BCUT2D eigenvalue weighted by Crippen LogP contribution is 2.21. The van der Waals surface area contributed by atoms with Crippen molar-refractivity contribution < 1.29 is 9.52 Å². The third-order valence-electron chi connectivity index (χ3n) is 4.62. The molecule has 3 aromatic heterocycles. The van der Waals surface area contributed by atoms with Gasteiger partial charge in [-0.25, -0.2) is 4.98 Å². The molecular formula is C18H25Cl2N5O2. The molecule has 148 valence electrons. The zero-order valence-electron chi connectivity index (χ0n) is 15.0. The summed E-state index contributed by atoms with van der Waals surface area (Å²) in [4.78, 5) is 4.50. The summed E-state index contributed by atoms with van der Waals surface area (Å²) in [6.07, 6.45) is 7.18. The van der Waals surface area contributed by atoms with E-state index in [1.807, 2.05) is 18.3 Å². The van der Waals surface area contributed by atoms with Gasteiger partial charge in [0, 0.05) is 51.0 Å². The molecule has 0 radical (unpaired) electrons. The smallest absolute Gasteiger partial charge is 0.160 e. The molecular weight excluding hydrogens is 389 g/mol. The number of nitrogens with one attached hydrogen (secondary N) is 1. The van der Waals surface area contributed by atoms with Gasteiger partial charge in [-0.2, -0.15) is 5.10 Å². The summed E-state index contributed by atoms with van der Waals surface area (Å²) >= 11 is 0. The standard InChI is InChI=1S/C18H23N5O2.2ClH/c24-13-14(9-16-3-1-8-25-16)12-22-7-5-20-18(22)17-10-15-11-19-4-2-6-23(15)21-17;;/h1,3,5,7-8,10,14,19,24H,2,4,6,9,11-13H2;2*1H. The first-order valence-corrected chi connectivity index (χ1v) is 8.75. The summed E-state index contributed by atoms with van der Waals surface area (Å²) in [6.45, 7) is 3.57. The van der Waals surface area contributed by atoms with Crippen LogP contribution in [0, 0.1) is 5.92 Å². The molecule has 2 N–H and O–H groups in total. The lowest BCUT2D eigenvalue weighted by Gasteiger charge is -2.15. The predicted molar refractivity (Wildman–Crippen MR) is 107 cm³/mol. The van der Waals surface area contributed by atoms with E-state index in [0.29, 0.717) is 13.0 Å². The van der Waals surface area contributed by atoms with Crippen LogP contribution in [0.4, 0.5) is 0 Å². The van der Waals surface area contributed by atoms with Gasteiger partial charge in [-0.05, 0) is 31.2 Å². The number of rotatable bonds is 6. The van der Waals surface area contributed by atoms with E-state index in [4.69, 9.17) is 9.52 Å². The number of fused-ring (bicyclic) bond motifs is 1. The SMILES string of the molecule is Cl.Cl.OCC(Cc1ccco1)Cn1ccnc1-c1cc2n(n1)CCCNC2. The topological polar surface area (TPSA) is 81.0 Å². The van der Waals surface area contributed by atoms with Crippen molar-refractivity contribution in [2.45, 2.75) is 32.5 Å². The van der Waals surface area contributed by atoms with Gasteiger partial charge in [-0.15, -0.1) is 24.8 Å². The van der Waals surface area contributed by atoms with Gasteiger partial charge in [-0.1, -0.05) is 0 Å². The van der Waals surface area contributed by atoms with Crippen LogP contribution in [0.1, 0.15) is 17.9 Å². The molecule has 0 bridgehead atoms. The van der Waals surface area contributed by atoms with E-state index in [2.05, 4.69) is 25.6 Å². The van der Waals surface area contributed by atoms with Crippen molar-refractivity contribution in [2.75, 3.05) is 13.2 Å². The molecule has 7 nitrogen and oxygen atoms in total. The lowest BCUT2D eigenvalue weighted by atomic mass is 10.0. The normalized spacial score (nSPS) is 14.6. The van der Waals surface area contributed by atoms with Crippen LogP contribution in [0.2, 0.25) is 0 Å². The van der Waals surface area contributed by atoms with Crippen LogP contribution in [0.5, 0.6) is 0 Å². The van der Waals surface area contributed by atoms with Crippen molar-refractivity contribution in [3.8, 4) is 11.5 Å². The fourth-order valence-corrected chi connectivity index (χ4v) is 3.34. The third kappa shape index (κ3) is 4.93. The summed E-state index contributed by atoms with van der Waals surface area (Å²) in [6, 6.07) is 5.92. The number of furan rings is 1. The number of imidazole rings is 1. The molecule has 4 rings (SSSR count). The summed E-state index contributed by atoms with van der Waals surface area (Å²) in [7, 11) is 0. The fourth-order valence-electron chi connectivity index (χ4n) is 3.34. The number of aliphatic hydroxyl groups excluding tert-OH is 1. The number of aryl methyl sites for hydroxylation is 1. The average molecular weight is 414 g/mol. The molecule has 9 heteroatoms. The quantitative estimate of drug-likeness (QED) is 0.648. The maximum absolute atomic E-state index is 9.75. The Bertz CT molecular complexity index is 792. The molecule has 4 heterocycles. The molecule has 0 saturated carbocycles. The molecule has 0 aromatic carbocycles. The molecule has 27 heavy (non-hydrogen) atoms. The number of aromatic nitrogens is 4. The highest BCUT2D eigenvalue weighted by atomic mass is 35.5. The molecule has 0 amide bonds. The number of nitrogens with zero attached hydrogens (tertiary/aromatic N) is 4. The van der Waals surface area contributed by atoms with Gasteiger partial charge >= 0.3 is 0 Å². The Morgan fingerprint density at radius 3 is 3.00 bits per heavy atom. The Kier molecular flexibility index (Phi) is 7.91. The van der Waals surface area contributed by atoms with E-state index in [1.165, 1.54) is 5.69 Å². The van der Waals surface area contributed by atoms with E-state index in [1.54, 1.807) is 12.5 Å². The van der Waals surface area contributed by atoms with Gasteiger partial charge < -0.3 is 19.4 Å². The second-order valence-corrected chi connectivity index (χ2v) is 6.51. The molecule has 1 aliphatic rings. The minimum absolute atomic E-state index is 0. The van der Waals surface area contributed by atoms with Gasteiger partial charge in [0.1, 0.15) is 11.5 Å². The van der Waals surface area contributed by atoms with Crippen LogP contribution in [0.25, 0.3) is 11.5 Å². The first-order chi connectivity index (χ1) is 12.3. The number of hydrogen-bond donors (Lipinski definition) is 2. The minimum Gasteiger partial charge on any atom is -0.469 e. The second kappa shape index (κ2) is 9.94. The highest BCUT2D eigenvalue weighted by molar-refractivity contribution is 5.85. The van der Waals surface area contributed by atoms with Crippen LogP contribution in [-0.2, 0) is 26.1 Å². The molecule has 0 saturated heterocycles. The van der Waals surface area contributed by atoms with Crippen LogP contribution >= 0.6 is 24.8 Å². The van der Waals surface area contributed by atoms with Crippen LogP contribution in [-0.4, -0.2) is 37.6 Å². The summed E-state index contributed by atoms with van der Waals surface area (Å²) in [5, 5.41) is 17.9. The lowest BCUT2D eigenvalue weighted by Crippen LogP contribution is -2.17. The van der Waals surface area contributed by atoms with E-state index in [0.717, 1.165) is 43.3 Å². The van der Waals surface area contributed by atoms with E-state index >= 15 is 0 Å². The maximum atomic E-state index is 9.75. The van der Waals surface area contributed by atoms with Gasteiger partial charge in [0.05, 0.1) is 12.0 Å². The van der Waals surface area contributed by atoms with Crippen LogP contribution < -0.4 is 5.32 Å². The number of hydrogen-bond acceptors (Lipinski definition) is 5. The number of aliphatic hydroxyl groups is 1. The molecule has 0 spiro atoms. The van der Waals surface area contributed by atoms with Crippen molar-refractivity contribution in [1.29, 1.82) is 0 Å². The summed E-state index contributed by atoms with van der Waals surface area (Å²) in [5.41, 5.74) is 2.08. The highest BCUT2D eigenvalue weighted by Gasteiger charge is 2.18. The maximum Gasteiger partial charge on any atom is 0.160 e. The average Bonchev–Trinajstić information content (AvgIpc) is 3.34. The molecule has 0 aliphatic carbocycles. The largest absolute Gasteiger partial charge is 0.469 e. The summed E-state index contributed by atoms with van der Waals surface area (Å²) in [5.74, 6) is 1.81. The van der Waals surface area contributed by atoms with Gasteiger partial charge in [0.25, 0.3) is 0 Å². The Labute approximate surface area is 170 Å². The monoisotopic (exact) mass is 413 g/mol. The zero-order valence-corrected chi connectivity index (χ0v) is 16.6. The summed E-state index contributed by atoms with van der Waals surface area (Å²) < 4.78 is 9.55.